The van der Waals surface area contributed by atoms with Crippen LogP contribution in [0.4, 0.5) is 0 Å². The highest BCUT2D eigenvalue weighted by molar-refractivity contribution is 5.87. The van der Waals surface area contributed by atoms with Gasteiger partial charge in [-0.3, -0.25) is 0 Å². The van der Waals surface area contributed by atoms with Gasteiger partial charge in [0.1, 0.15) is 18.1 Å². The number of carbonyl (C=O) groups is 1. The maximum absolute atomic E-state index is 11.9. The molecule has 0 aliphatic heterocycles. The average Bonchev–Trinajstić information content (AvgIpc) is 3.16. The molecule has 2 aromatic carbocycles. The molecule has 5 heteroatoms. The quantitative estimate of drug-likeness (QED) is 0.464. The smallest absolute Gasteiger partial charge is 0.331 e. The Hall–Kier alpha value is -3.34. The number of aromatic nitrogens is 1. The number of esters is 1. The number of para-hydroxylation sites is 1. The fraction of sp³-hybridized carbons (Fsp3) is 0.143. The van der Waals surface area contributed by atoms with Crippen LogP contribution < -0.4 is 4.74 Å². The summed E-state index contributed by atoms with van der Waals surface area (Å²) in [5.41, 5.74) is 2.30. The van der Waals surface area contributed by atoms with Gasteiger partial charge in [0.2, 0.25) is 0 Å². The molecule has 0 bridgehead atoms. The zero-order valence-corrected chi connectivity index (χ0v) is 14.4. The van der Waals surface area contributed by atoms with Crippen molar-refractivity contribution in [1.82, 2.24) is 5.16 Å². The van der Waals surface area contributed by atoms with Gasteiger partial charge in [-0.25, -0.2) is 4.79 Å². The highest BCUT2D eigenvalue weighted by Gasteiger charge is 2.08. The molecule has 0 saturated carbocycles. The Balaban J connectivity index is 1.57. The summed E-state index contributed by atoms with van der Waals surface area (Å²) in [6, 6.07) is 18.9. The second-order valence-electron chi connectivity index (χ2n) is 5.46. The van der Waals surface area contributed by atoms with Gasteiger partial charge in [0, 0.05) is 23.3 Å². The van der Waals surface area contributed by atoms with Crippen LogP contribution in [0.15, 0.2) is 71.3 Å². The molecule has 3 rings (SSSR count). The Bertz CT molecular complexity index is 884. The molecule has 0 amide bonds. The van der Waals surface area contributed by atoms with Crippen LogP contribution in [0, 0.1) is 0 Å². The summed E-state index contributed by atoms with van der Waals surface area (Å²) in [4.78, 5) is 11.9. The Morgan fingerprint density at radius 2 is 1.88 bits per heavy atom. The lowest BCUT2D eigenvalue weighted by Crippen LogP contribution is -2.01. The van der Waals surface area contributed by atoms with Crippen molar-refractivity contribution in [3.8, 4) is 17.1 Å². The highest BCUT2D eigenvalue weighted by Crippen LogP contribution is 2.21. The number of hydrogen-bond donors (Lipinski definition) is 0. The third-order valence-corrected chi connectivity index (χ3v) is 3.60. The minimum atomic E-state index is -0.458. The van der Waals surface area contributed by atoms with Crippen LogP contribution in [0.1, 0.15) is 18.2 Å². The van der Waals surface area contributed by atoms with Crippen molar-refractivity contribution in [3.05, 3.63) is 78.0 Å². The third-order valence-electron chi connectivity index (χ3n) is 3.60. The summed E-state index contributed by atoms with van der Waals surface area (Å²) in [6.45, 7) is 2.52. The Kier molecular flexibility index (Phi) is 5.83. The lowest BCUT2D eigenvalue weighted by Gasteiger charge is -2.06. The molecule has 0 N–H and O–H groups in total. The average molecular weight is 349 g/mol. The van der Waals surface area contributed by atoms with Gasteiger partial charge in [0.15, 0.2) is 5.76 Å². The van der Waals surface area contributed by atoms with Gasteiger partial charge in [-0.1, -0.05) is 53.7 Å². The molecular formula is C21H19NO4. The summed E-state index contributed by atoms with van der Waals surface area (Å²) < 4.78 is 16.0. The molecule has 132 valence electrons. The van der Waals surface area contributed by atoms with Crippen molar-refractivity contribution in [2.75, 3.05) is 6.61 Å². The fourth-order valence-electron chi connectivity index (χ4n) is 2.37. The number of benzene rings is 2. The summed E-state index contributed by atoms with van der Waals surface area (Å²) >= 11 is 0. The van der Waals surface area contributed by atoms with E-state index in [-0.39, 0.29) is 6.61 Å². The molecule has 0 fully saturated rings. The standard InChI is InChI=1S/C21H19NO4/c1-2-24-19-11-7-6-10-17(19)12-13-21(23)25-15-18-14-20(26-22-18)16-8-4-3-5-9-16/h3-14H,2,15H2,1H3/b13-12+. The highest BCUT2D eigenvalue weighted by atomic mass is 16.5. The van der Waals surface area contributed by atoms with Gasteiger partial charge in [-0.2, -0.15) is 0 Å². The van der Waals surface area contributed by atoms with Crippen LogP contribution in [-0.4, -0.2) is 17.7 Å². The number of ether oxygens (including phenoxy) is 2. The monoisotopic (exact) mass is 349 g/mol. The molecule has 0 aliphatic rings. The number of hydrogen-bond acceptors (Lipinski definition) is 5. The van der Waals surface area contributed by atoms with Crippen molar-refractivity contribution in [2.24, 2.45) is 0 Å². The molecule has 0 atom stereocenters. The van der Waals surface area contributed by atoms with Crippen LogP contribution in [0.5, 0.6) is 5.75 Å². The predicted molar refractivity (Wildman–Crippen MR) is 98.4 cm³/mol. The molecule has 0 radical (unpaired) electrons. The minimum Gasteiger partial charge on any atom is -0.493 e. The fourth-order valence-corrected chi connectivity index (χ4v) is 2.37. The van der Waals surface area contributed by atoms with E-state index >= 15 is 0 Å². The summed E-state index contributed by atoms with van der Waals surface area (Å²) in [5.74, 6) is 0.904. The molecule has 0 unspecified atom stereocenters. The Morgan fingerprint density at radius 1 is 1.12 bits per heavy atom. The van der Waals surface area contributed by atoms with Gasteiger partial charge in [-0.15, -0.1) is 0 Å². The first kappa shape index (κ1) is 17.5. The SMILES string of the molecule is CCOc1ccccc1/C=C/C(=O)OCc1cc(-c2ccccc2)on1. The van der Waals surface area contributed by atoms with E-state index in [0.29, 0.717) is 18.1 Å². The van der Waals surface area contributed by atoms with E-state index < -0.39 is 5.97 Å². The molecule has 3 aromatic rings. The van der Waals surface area contributed by atoms with E-state index in [4.69, 9.17) is 14.0 Å². The van der Waals surface area contributed by atoms with E-state index in [1.54, 1.807) is 12.1 Å². The maximum Gasteiger partial charge on any atom is 0.331 e. The maximum atomic E-state index is 11.9. The zero-order valence-electron chi connectivity index (χ0n) is 14.4. The third kappa shape index (κ3) is 4.60. The van der Waals surface area contributed by atoms with Crippen LogP contribution in [0.2, 0.25) is 0 Å². The number of nitrogens with zero attached hydrogens (tertiary/aromatic N) is 1. The van der Waals surface area contributed by atoms with Gasteiger partial charge in [0.25, 0.3) is 0 Å². The Labute approximate surface area is 151 Å². The van der Waals surface area contributed by atoms with Crippen molar-refractivity contribution in [2.45, 2.75) is 13.5 Å². The van der Waals surface area contributed by atoms with E-state index in [0.717, 1.165) is 16.9 Å². The largest absolute Gasteiger partial charge is 0.493 e. The van der Waals surface area contributed by atoms with Gasteiger partial charge < -0.3 is 14.0 Å². The van der Waals surface area contributed by atoms with E-state index in [1.807, 2.05) is 61.5 Å². The zero-order chi connectivity index (χ0) is 18.2. The first-order valence-electron chi connectivity index (χ1n) is 8.34. The van der Waals surface area contributed by atoms with Crippen molar-refractivity contribution < 1.29 is 18.8 Å². The van der Waals surface area contributed by atoms with E-state index in [9.17, 15) is 4.79 Å². The van der Waals surface area contributed by atoms with Gasteiger partial charge >= 0.3 is 5.97 Å². The van der Waals surface area contributed by atoms with Gasteiger partial charge in [0.05, 0.1) is 6.61 Å². The first-order valence-corrected chi connectivity index (χ1v) is 8.34. The topological polar surface area (TPSA) is 61.6 Å². The molecule has 1 heterocycles. The molecule has 5 nitrogen and oxygen atoms in total. The summed E-state index contributed by atoms with van der Waals surface area (Å²) in [6.07, 6.45) is 3.04. The normalized spacial score (nSPS) is 10.8. The summed E-state index contributed by atoms with van der Waals surface area (Å²) in [7, 11) is 0. The molecule has 26 heavy (non-hydrogen) atoms. The van der Waals surface area contributed by atoms with Crippen LogP contribution in [-0.2, 0) is 16.1 Å². The van der Waals surface area contributed by atoms with Crippen molar-refractivity contribution in [1.29, 1.82) is 0 Å². The molecule has 1 aromatic heterocycles. The van der Waals surface area contributed by atoms with Crippen LogP contribution >= 0.6 is 0 Å². The summed E-state index contributed by atoms with van der Waals surface area (Å²) in [5, 5.41) is 3.92. The first-order chi connectivity index (χ1) is 12.8. The minimum absolute atomic E-state index is 0.0482. The van der Waals surface area contributed by atoms with Crippen molar-refractivity contribution in [3.63, 3.8) is 0 Å². The second kappa shape index (κ2) is 8.67. The van der Waals surface area contributed by atoms with E-state index in [1.165, 1.54) is 6.08 Å². The van der Waals surface area contributed by atoms with Crippen LogP contribution in [0.3, 0.4) is 0 Å². The second-order valence-corrected chi connectivity index (χ2v) is 5.46. The van der Waals surface area contributed by atoms with Crippen molar-refractivity contribution >= 4 is 12.0 Å². The van der Waals surface area contributed by atoms with Gasteiger partial charge in [-0.05, 0) is 19.1 Å². The predicted octanol–water partition coefficient (Wildman–Crippen LogP) is 4.50. The lowest BCUT2D eigenvalue weighted by atomic mass is 10.2. The lowest BCUT2D eigenvalue weighted by molar-refractivity contribution is -0.139. The van der Waals surface area contributed by atoms with E-state index in [2.05, 4.69) is 5.16 Å². The number of carbonyl (C=O) groups excluding carboxylic acids is 1. The molecule has 0 saturated heterocycles. The molecule has 0 aliphatic carbocycles. The van der Waals surface area contributed by atoms with Crippen LogP contribution in [0.25, 0.3) is 17.4 Å². The Morgan fingerprint density at radius 3 is 2.69 bits per heavy atom. The molecule has 0 spiro atoms. The number of rotatable bonds is 7. The molecular weight excluding hydrogens is 330 g/mol.